The molecule has 0 spiro atoms. The second-order valence-electron chi connectivity index (χ2n) is 8.18. The van der Waals surface area contributed by atoms with Gasteiger partial charge in [-0.25, -0.2) is 9.59 Å². The summed E-state index contributed by atoms with van der Waals surface area (Å²) in [6.07, 6.45) is 0.0299. The topological polar surface area (TPSA) is 81.0 Å². The number of amides is 1. The van der Waals surface area contributed by atoms with Crippen LogP contribution in [0.2, 0.25) is 0 Å². The molecule has 0 saturated heterocycles. The van der Waals surface area contributed by atoms with E-state index in [1.54, 1.807) is 4.90 Å². The Morgan fingerprint density at radius 2 is 1.75 bits per heavy atom. The summed E-state index contributed by atoms with van der Waals surface area (Å²) in [5.41, 5.74) is 4.17. The number of esters is 1. The number of aryl methyl sites for hydroxylation is 1. The number of benzene rings is 2. The maximum atomic E-state index is 13.3. The van der Waals surface area contributed by atoms with Gasteiger partial charge in [0.25, 0.3) is 0 Å². The Hall–Kier alpha value is -3.74. The van der Waals surface area contributed by atoms with Gasteiger partial charge in [0, 0.05) is 36.5 Å². The number of aromatic nitrogens is 1. The van der Waals surface area contributed by atoms with Gasteiger partial charge in [0.05, 0.1) is 24.8 Å². The Morgan fingerprint density at radius 3 is 2.50 bits per heavy atom. The third-order valence-electron chi connectivity index (χ3n) is 6.52. The first kappa shape index (κ1) is 20.2. The lowest BCUT2D eigenvalue weighted by atomic mass is 9.82. The lowest BCUT2D eigenvalue weighted by Gasteiger charge is -2.45. The lowest BCUT2D eigenvalue weighted by Crippen LogP contribution is -2.52. The fraction of sp³-hybridized carbons (Fsp3) is 0.280. The minimum absolute atomic E-state index is 0.122. The SMILES string of the molecule is COC(=O)C1=C(O)[C@@H]2Cc3c(n(C)c4ccccc34)[C@H](C1)N2C(=O)OCc1ccccc1. The molecule has 1 amide bonds. The third kappa shape index (κ3) is 3.04. The molecule has 0 radical (unpaired) electrons. The molecule has 32 heavy (non-hydrogen) atoms. The van der Waals surface area contributed by atoms with Crippen molar-refractivity contribution in [2.75, 3.05) is 7.11 Å². The van der Waals surface area contributed by atoms with Crippen LogP contribution in [0, 0.1) is 0 Å². The lowest BCUT2D eigenvalue weighted by molar-refractivity contribution is -0.137. The molecule has 3 heterocycles. The van der Waals surface area contributed by atoms with E-state index in [-0.39, 0.29) is 24.4 Å². The Morgan fingerprint density at radius 1 is 1.03 bits per heavy atom. The van der Waals surface area contributed by atoms with Crippen LogP contribution in [0.4, 0.5) is 4.79 Å². The molecule has 1 aromatic heterocycles. The fourth-order valence-electron chi connectivity index (χ4n) is 5.05. The van der Waals surface area contributed by atoms with E-state index in [0.717, 1.165) is 27.7 Å². The zero-order valence-electron chi connectivity index (χ0n) is 17.9. The van der Waals surface area contributed by atoms with Crippen molar-refractivity contribution in [1.29, 1.82) is 0 Å². The molecule has 164 valence electrons. The van der Waals surface area contributed by atoms with E-state index >= 15 is 0 Å². The van der Waals surface area contributed by atoms with Crippen LogP contribution in [-0.2, 0) is 34.3 Å². The molecule has 1 N–H and O–H groups in total. The standard InChI is InChI=1S/C25H24N2O5/c1-26-19-11-7-6-10-16(19)17-12-21-23(28)18(24(29)31-2)13-20(22(17)26)27(21)25(30)32-14-15-8-4-3-5-9-15/h3-11,20-21,28H,12-14H2,1-2H3/t20-,21-/m0/s1. The number of aliphatic hydroxyl groups is 1. The predicted molar refractivity (Wildman–Crippen MR) is 118 cm³/mol. The molecule has 2 atom stereocenters. The highest BCUT2D eigenvalue weighted by Crippen LogP contribution is 2.47. The van der Waals surface area contributed by atoms with Crippen LogP contribution in [0.25, 0.3) is 10.9 Å². The minimum atomic E-state index is -0.690. The minimum Gasteiger partial charge on any atom is -0.510 e. The van der Waals surface area contributed by atoms with Crippen LogP contribution in [0.1, 0.15) is 29.3 Å². The summed E-state index contributed by atoms with van der Waals surface area (Å²) in [6, 6.07) is 16.3. The first-order chi connectivity index (χ1) is 15.5. The summed E-state index contributed by atoms with van der Waals surface area (Å²) in [5, 5.41) is 12.1. The van der Waals surface area contributed by atoms with Gasteiger partial charge >= 0.3 is 12.1 Å². The van der Waals surface area contributed by atoms with Crippen molar-refractivity contribution in [3.05, 3.63) is 82.8 Å². The van der Waals surface area contributed by atoms with E-state index in [4.69, 9.17) is 9.47 Å². The van der Waals surface area contributed by atoms with E-state index in [1.807, 2.05) is 55.6 Å². The molecular weight excluding hydrogens is 408 g/mol. The van der Waals surface area contributed by atoms with Gasteiger partial charge in [-0.15, -0.1) is 0 Å². The van der Waals surface area contributed by atoms with E-state index < -0.39 is 24.1 Å². The van der Waals surface area contributed by atoms with E-state index in [2.05, 4.69) is 10.6 Å². The number of nitrogens with zero attached hydrogens (tertiary/aromatic N) is 2. The van der Waals surface area contributed by atoms with E-state index in [9.17, 15) is 14.7 Å². The monoisotopic (exact) mass is 432 g/mol. The van der Waals surface area contributed by atoms with Gasteiger partial charge in [-0.2, -0.15) is 0 Å². The maximum Gasteiger partial charge on any atom is 0.411 e. The number of hydrogen-bond acceptors (Lipinski definition) is 5. The van der Waals surface area contributed by atoms with Crippen molar-refractivity contribution in [1.82, 2.24) is 9.47 Å². The molecule has 7 heteroatoms. The van der Waals surface area contributed by atoms with Gasteiger partial charge in [0.2, 0.25) is 0 Å². The molecule has 5 rings (SSSR count). The molecule has 2 aliphatic rings. The third-order valence-corrected chi connectivity index (χ3v) is 6.52. The molecule has 0 unspecified atom stereocenters. The molecule has 2 aromatic carbocycles. The van der Waals surface area contributed by atoms with Gasteiger partial charge in [0.15, 0.2) is 0 Å². The number of fused-ring (bicyclic) bond motifs is 6. The summed E-state index contributed by atoms with van der Waals surface area (Å²) < 4.78 is 12.6. The quantitative estimate of drug-likeness (QED) is 0.629. The first-order valence-corrected chi connectivity index (χ1v) is 10.6. The number of aliphatic hydroxyl groups excluding tert-OH is 1. The Labute approximate surface area is 185 Å². The van der Waals surface area contributed by atoms with Crippen molar-refractivity contribution >= 4 is 23.0 Å². The average molecular weight is 432 g/mol. The predicted octanol–water partition coefficient (Wildman–Crippen LogP) is 4.17. The average Bonchev–Trinajstić information content (AvgIpc) is 3.11. The second kappa shape index (κ2) is 7.75. The van der Waals surface area contributed by atoms with Gasteiger partial charge < -0.3 is 19.1 Å². The largest absolute Gasteiger partial charge is 0.510 e. The van der Waals surface area contributed by atoms with Crippen molar-refractivity contribution < 1.29 is 24.2 Å². The summed E-state index contributed by atoms with van der Waals surface area (Å²) in [7, 11) is 3.26. The fourth-order valence-corrected chi connectivity index (χ4v) is 5.05. The van der Waals surface area contributed by atoms with Crippen LogP contribution < -0.4 is 0 Å². The number of carbonyl (C=O) groups excluding carboxylic acids is 2. The molecule has 2 aliphatic heterocycles. The first-order valence-electron chi connectivity index (χ1n) is 10.6. The highest BCUT2D eigenvalue weighted by molar-refractivity contribution is 5.91. The summed E-state index contributed by atoms with van der Waals surface area (Å²) in [4.78, 5) is 27.2. The molecule has 0 aliphatic carbocycles. The summed E-state index contributed by atoms with van der Waals surface area (Å²) >= 11 is 0. The second-order valence-corrected chi connectivity index (χ2v) is 8.18. The van der Waals surface area contributed by atoms with Crippen LogP contribution >= 0.6 is 0 Å². The molecule has 3 aromatic rings. The van der Waals surface area contributed by atoms with Crippen LogP contribution in [0.15, 0.2) is 65.9 Å². The van der Waals surface area contributed by atoms with Gasteiger partial charge in [-0.3, -0.25) is 4.90 Å². The van der Waals surface area contributed by atoms with Crippen molar-refractivity contribution in [2.24, 2.45) is 7.05 Å². The summed E-state index contributed by atoms with van der Waals surface area (Å²) in [5.74, 6) is -0.694. The Bertz CT molecular complexity index is 1240. The summed E-state index contributed by atoms with van der Waals surface area (Å²) in [6.45, 7) is 0.131. The van der Waals surface area contributed by atoms with Gasteiger partial charge in [-0.1, -0.05) is 48.5 Å². The van der Waals surface area contributed by atoms with Crippen molar-refractivity contribution in [3.63, 3.8) is 0 Å². The smallest absolute Gasteiger partial charge is 0.411 e. The van der Waals surface area contributed by atoms with Crippen LogP contribution in [-0.4, -0.2) is 39.8 Å². The molecule has 0 saturated carbocycles. The van der Waals surface area contributed by atoms with Crippen LogP contribution in [0.3, 0.4) is 0 Å². The van der Waals surface area contributed by atoms with E-state index in [0.29, 0.717) is 6.42 Å². The number of methoxy groups -OCH3 is 1. The number of ether oxygens (including phenoxy) is 2. The van der Waals surface area contributed by atoms with Crippen molar-refractivity contribution in [2.45, 2.75) is 31.5 Å². The normalized spacial score (nSPS) is 19.6. The number of rotatable bonds is 3. The highest BCUT2D eigenvalue weighted by Gasteiger charge is 2.48. The zero-order valence-corrected chi connectivity index (χ0v) is 17.9. The number of para-hydroxylation sites is 1. The number of hydrogen-bond donors (Lipinski definition) is 1. The van der Waals surface area contributed by atoms with Gasteiger partial charge in [-0.05, 0) is 17.2 Å². The Balaban J connectivity index is 1.57. The molecule has 0 fully saturated rings. The zero-order chi connectivity index (χ0) is 22.4. The Kier molecular flexibility index (Phi) is 4.89. The molecule has 2 bridgehead atoms. The van der Waals surface area contributed by atoms with Gasteiger partial charge in [0.1, 0.15) is 12.4 Å². The van der Waals surface area contributed by atoms with Crippen LogP contribution in [0.5, 0.6) is 0 Å². The van der Waals surface area contributed by atoms with Crippen molar-refractivity contribution in [3.8, 4) is 0 Å². The highest BCUT2D eigenvalue weighted by atomic mass is 16.6. The number of carbonyl (C=O) groups is 2. The maximum absolute atomic E-state index is 13.3. The molecule has 7 nitrogen and oxygen atoms in total. The molecular formula is C25H24N2O5. The van der Waals surface area contributed by atoms with E-state index in [1.165, 1.54) is 7.11 Å².